The van der Waals surface area contributed by atoms with Crippen molar-refractivity contribution >= 4 is 39.1 Å². The molecular formula is C29H36Cl2F3N3O4S. The lowest BCUT2D eigenvalue weighted by atomic mass is 9.78. The normalized spacial score (nSPS) is 21.0. The van der Waals surface area contributed by atoms with Crippen molar-refractivity contribution in [3.63, 3.8) is 0 Å². The van der Waals surface area contributed by atoms with Gasteiger partial charge < -0.3 is 10.1 Å². The summed E-state index contributed by atoms with van der Waals surface area (Å²) in [7, 11) is -3.08. The van der Waals surface area contributed by atoms with E-state index in [1.54, 1.807) is 0 Å². The molecule has 0 spiro atoms. The topological polar surface area (TPSA) is 79.0 Å². The van der Waals surface area contributed by atoms with Crippen molar-refractivity contribution in [1.82, 2.24) is 14.5 Å². The van der Waals surface area contributed by atoms with Crippen LogP contribution in [0.5, 0.6) is 0 Å². The molecule has 2 fully saturated rings. The SMILES string of the molecule is CN(CCOCC(=O)NC1CCC(C(c2ccccc2)N2CCCC2)CC1)S(=O)(=O)c1c(Cl)cc(C(F)(F)F)cc1Cl. The summed E-state index contributed by atoms with van der Waals surface area (Å²) in [6.07, 6.45) is 1.51. The Morgan fingerprint density at radius 3 is 2.24 bits per heavy atom. The van der Waals surface area contributed by atoms with Crippen molar-refractivity contribution in [1.29, 1.82) is 0 Å². The monoisotopic (exact) mass is 649 g/mol. The maximum atomic E-state index is 13.0. The van der Waals surface area contributed by atoms with Crippen molar-refractivity contribution in [2.45, 2.75) is 61.7 Å². The van der Waals surface area contributed by atoms with Crippen LogP contribution in [0.25, 0.3) is 0 Å². The number of sulfonamides is 1. The summed E-state index contributed by atoms with van der Waals surface area (Å²) >= 11 is 11.8. The number of ether oxygens (including phenoxy) is 1. The van der Waals surface area contributed by atoms with Crippen molar-refractivity contribution in [2.75, 3.05) is 39.9 Å². The number of hydrogen-bond acceptors (Lipinski definition) is 5. The number of hydrogen-bond donors (Lipinski definition) is 1. The number of carbonyl (C=O) groups is 1. The van der Waals surface area contributed by atoms with Crippen molar-refractivity contribution in [2.24, 2.45) is 5.92 Å². The Hall–Kier alpha value is -1.89. The lowest BCUT2D eigenvalue weighted by Crippen LogP contribution is -2.42. The summed E-state index contributed by atoms with van der Waals surface area (Å²) in [5, 5.41) is 1.76. The number of nitrogens with zero attached hydrogens (tertiary/aromatic N) is 2. The minimum absolute atomic E-state index is 0.0550. The van der Waals surface area contributed by atoms with E-state index in [0.29, 0.717) is 24.1 Å². The average molecular weight is 651 g/mol. The molecule has 7 nitrogen and oxygen atoms in total. The van der Waals surface area contributed by atoms with Gasteiger partial charge in [0.05, 0.1) is 22.2 Å². The van der Waals surface area contributed by atoms with E-state index in [1.807, 2.05) is 6.07 Å². The van der Waals surface area contributed by atoms with Gasteiger partial charge in [-0.15, -0.1) is 0 Å². The summed E-state index contributed by atoms with van der Waals surface area (Å²) in [5.41, 5.74) is 0.208. The number of rotatable bonds is 11. The molecule has 1 unspecified atom stereocenters. The van der Waals surface area contributed by atoms with Gasteiger partial charge in [0.1, 0.15) is 11.5 Å². The Balaban J connectivity index is 1.22. The van der Waals surface area contributed by atoms with Crippen LogP contribution in [0, 0.1) is 5.92 Å². The van der Waals surface area contributed by atoms with Gasteiger partial charge in [-0.2, -0.15) is 17.5 Å². The largest absolute Gasteiger partial charge is 0.416 e. The molecule has 2 aliphatic rings. The van der Waals surface area contributed by atoms with Gasteiger partial charge in [0.15, 0.2) is 0 Å². The smallest absolute Gasteiger partial charge is 0.370 e. The van der Waals surface area contributed by atoms with Gasteiger partial charge in [0.25, 0.3) is 0 Å². The van der Waals surface area contributed by atoms with Crippen molar-refractivity contribution < 1.29 is 31.1 Å². The van der Waals surface area contributed by atoms with E-state index in [2.05, 4.69) is 34.5 Å². The fourth-order valence-electron chi connectivity index (χ4n) is 5.90. The minimum atomic E-state index is -4.73. The molecule has 1 atom stereocenters. The number of likely N-dealkylation sites (tertiary alicyclic amines) is 1. The van der Waals surface area contributed by atoms with Gasteiger partial charge in [0.2, 0.25) is 15.9 Å². The molecule has 2 aromatic rings. The lowest BCUT2D eigenvalue weighted by molar-refractivity contribution is -0.137. The third kappa shape index (κ3) is 8.18. The van der Waals surface area contributed by atoms with E-state index in [0.717, 1.165) is 43.1 Å². The molecule has 1 amide bonds. The van der Waals surface area contributed by atoms with E-state index in [4.69, 9.17) is 27.9 Å². The average Bonchev–Trinajstić information content (AvgIpc) is 3.46. The van der Waals surface area contributed by atoms with Crippen LogP contribution in [0.1, 0.15) is 55.7 Å². The molecule has 1 aliphatic heterocycles. The maximum absolute atomic E-state index is 13.0. The number of amides is 1. The zero-order chi connectivity index (χ0) is 30.5. The van der Waals surface area contributed by atoms with Gasteiger partial charge in [0, 0.05) is 25.7 Å². The summed E-state index contributed by atoms with van der Waals surface area (Å²) in [6, 6.07) is 12.2. The van der Waals surface area contributed by atoms with Gasteiger partial charge in [-0.05, 0) is 75.2 Å². The number of alkyl halides is 3. The third-order valence-corrected chi connectivity index (χ3v) is 10.8. The molecule has 1 heterocycles. The van der Waals surface area contributed by atoms with Crippen LogP contribution >= 0.6 is 23.2 Å². The van der Waals surface area contributed by atoms with Crippen LogP contribution in [-0.4, -0.2) is 69.5 Å². The highest BCUT2D eigenvalue weighted by Crippen LogP contribution is 2.40. The standard InChI is InChI=1S/C29H36Cl2F3N3O4S/c1-36(42(39,40)28-24(30)17-22(18-25(28)31)29(32,33)34)15-16-41-19-26(38)35-23-11-9-21(10-12-23)27(37-13-5-6-14-37)20-7-3-2-4-8-20/h2-4,7-8,17-18,21,23,27H,5-6,9-16,19H2,1H3,(H,35,38). The third-order valence-electron chi connectivity index (χ3n) is 8.04. The van der Waals surface area contributed by atoms with Crippen LogP contribution in [0.2, 0.25) is 10.0 Å². The maximum Gasteiger partial charge on any atom is 0.416 e. The molecule has 2 aromatic carbocycles. The summed E-state index contributed by atoms with van der Waals surface area (Å²) in [5.74, 6) is 0.246. The Bertz CT molecular complexity index is 1290. The Kier molecular flexibility index (Phi) is 11.2. The molecule has 1 N–H and O–H groups in total. The first-order valence-corrected chi connectivity index (χ1v) is 16.3. The first-order valence-electron chi connectivity index (χ1n) is 14.1. The summed E-state index contributed by atoms with van der Waals surface area (Å²) in [6.45, 7) is 1.73. The zero-order valence-electron chi connectivity index (χ0n) is 23.4. The van der Waals surface area contributed by atoms with Gasteiger partial charge in [-0.1, -0.05) is 53.5 Å². The molecule has 42 heavy (non-hydrogen) atoms. The Morgan fingerprint density at radius 1 is 1.07 bits per heavy atom. The van der Waals surface area contributed by atoms with Gasteiger partial charge in [-0.25, -0.2) is 8.42 Å². The second-order valence-corrected chi connectivity index (χ2v) is 13.7. The van der Waals surface area contributed by atoms with Gasteiger partial charge >= 0.3 is 6.18 Å². The van der Waals surface area contributed by atoms with Crippen LogP contribution in [-0.2, 0) is 25.7 Å². The molecule has 1 saturated carbocycles. The molecule has 0 bridgehead atoms. The van der Waals surface area contributed by atoms with Crippen LogP contribution in [0.3, 0.4) is 0 Å². The second kappa shape index (κ2) is 14.3. The van der Waals surface area contributed by atoms with Gasteiger partial charge in [-0.3, -0.25) is 9.69 Å². The molecule has 0 radical (unpaired) electrons. The number of carbonyl (C=O) groups excluding carboxylic acids is 1. The Morgan fingerprint density at radius 2 is 1.67 bits per heavy atom. The van der Waals surface area contributed by atoms with Crippen LogP contribution in [0.4, 0.5) is 13.2 Å². The second-order valence-electron chi connectivity index (χ2n) is 10.9. The number of benzene rings is 2. The van der Waals surface area contributed by atoms with E-state index < -0.39 is 36.7 Å². The lowest BCUT2D eigenvalue weighted by Gasteiger charge is -2.39. The summed E-state index contributed by atoms with van der Waals surface area (Å²) < 4.78 is 71.1. The molecule has 13 heteroatoms. The number of nitrogens with one attached hydrogen (secondary N) is 1. The zero-order valence-corrected chi connectivity index (χ0v) is 25.7. The first-order chi connectivity index (χ1) is 19.9. The first kappa shape index (κ1) is 33.0. The molecule has 1 aliphatic carbocycles. The highest BCUT2D eigenvalue weighted by Gasteiger charge is 2.36. The van der Waals surface area contributed by atoms with Crippen LogP contribution in [0.15, 0.2) is 47.4 Å². The fourth-order valence-corrected chi connectivity index (χ4v) is 8.21. The molecular weight excluding hydrogens is 614 g/mol. The van der Waals surface area contributed by atoms with Crippen LogP contribution < -0.4 is 5.32 Å². The predicted octanol–water partition coefficient (Wildman–Crippen LogP) is 6.16. The van der Waals surface area contributed by atoms with Crippen molar-refractivity contribution in [3.05, 3.63) is 63.6 Å². The predicted molar refractivity (Wildman–Crippen MR) is 156 cm³/mol. The number of likely N-dealkylation sites (N-methyl/N-ethyl adjacent to an activating group) is 1. The molecule has 1 saturated heterocycles. The fraction of sp³-hybridized carbons (Fsp3) is 0.552. The Labute approximate surface area is 255 Å². The van der Waals surface area contributed by atoms with Crippen molar-refractivity contribution in [3.8, 4) is 0 Å². The highest BCUT2D eigenvalue weighted by atomic mass is 35.5. The van der Waals surface area contributed by atoms with E-state index >= 15 is 0 Å². The summed E-state index contributed by atoms with van der Waals surface area (Å²) in [4.78, 5) is 14.5. The highest BCUT2D eigenvalue weighted by molar-refractivity contribution is 7.89. The number of halogens is 5. The molecule has 232 valence electrons. The molecule has 4 rings (SSSR count). The van der Waals surface area contributed by atoms with E-state index in [-0.39, 0.29) is 31.7 Å². The molecule has 0 aromatic heterocycles. The van der Waals surface area contributed by atoms with E-state index in [9.17, 15) is 26.4 Å². The quantitative estimate of drug-likeness (QED) is 0.295. The minimum Gasteiger partial charge on any atom is -0.370 e. The van der Waals surface area contributed by atoms with E-state index in [1.165, 1.54) is 25.5 Å².